The minimum atomic E-state index is -0.316. The fourth-order valence-electron chi connectivity index (χ4n) is 2.84. The summed E-state index contributed by atoms with van der Waals surface area (Å²) in [5, 5.41) is 8.32. The Balaban J connectivity index is 1.65. The zero-order valence-electron chi connectivity index (χ0n) is 17.0. The van der Waals surface area contributed by atoms with Crippen LogP contribution in [0.5, 0.6) is 0 Å². The van der Waals surface area contributed by atoms with Gasteiger partial charge in [-0.2, -0.15) is 0 Å². The molecule has 0 atom stereocenters. The molecular formula is C24H24N4O2. The second-order valence-electron chi connectivity index (χ2n) is 7.04. The van der Waals surface area contributed by atoms with Gasteiger partial charge >= 0.3 is 6.03 Å². The van der Waals surface area contributed by atoms with E-state index < -0.39 is 0 Å². The Hall–Kier alpha value is -3.93. The number of nitrogens with zero attached hydrogens (tertiary/aromatic N) is 1. The summed E-state index contributed by atoms with van der Waals surface area (Å²) in [6, 6.07) is 20.2. The predicted molar refractivity (Wildman–Crippen MR) is 122 cm³/mol. The molecule has 6 nitrogen and oxygen atoms in total. The summed E-state index contributed by atoms with van der Waals surface area (Å²) in [7, 11) is 0. The molecule has 0 fully saturated rings. The number of hydrogen-bond acceptors (Lipinski definition) is 3. The van der Waals surface area contributed by atoms with Crippen molar-refractivity contribution in [3.8, 4) is 11.3 Å². The molecule has 3 N–H and O–H groups in total. The van der Waals surface area contributed by atoms with Gasteiger partial charge in [0.05, 0.1) is 5.69 Å². The molecule has 0 bridgehead atoms. The number of nitrogens with one attached hydrogen (secondary N) is 3. The van der Waals surface area contributed by atoms with Crippen LogP contribution in [0.4, 0.5) is 22.0 Å². The third-order valence-corrected chi connectivity index (χ3v) is 4.44. The predicted octanol–water partition coefficient (Wildman–Crippen LogP) is 5.64. The summed E-state index contributed by atoms with van der Waals surface area (Å²) in [5.41, 5.74) is 4.14. The van der Waals surface area contributed by atoms with Gasteiger partial charge in [0.15, 0.2) is 0 Å². The molecule has 3 rings (SSSR count). The van der Waals surface area contributed by atoms with Crippen molar-refractivity contribution in [1.82, 2.24) is 4.98 Å². The minimum Gasteiger partial charge on any atom is -0.308 e. The van der Waals surface area contributed by atoms with Crippen LogP contribution in [0.2, 0.25) is 0 Å². The maximum Gasteiger partial charge on any atom is 0.323 e. The van der Waals surface area contributed by atoms with Gasteiger partial charge in [-0.1, -0.05) is 50.8 Å². The zero-order valence-corrected chi connectivity index (χ0v) is 17.0. The first-order valence-electron chi connectivity index (χ1n) is 9.63. The maximum absolute atomic E-state index is 12.3. The van der Waals surface area contributed by atoms with E-state index in [0.717, 1.165) is 16.8 Å². The topological polar surface area (TPSA) is 83.1 Å². The molecule has 0 aliphatic heterocycles. The Morgan fingerprint density at radius 1 is 0.900 bits per heavy atom. The molecule has 1 aromatic heterocycles. The molecule has 152 valence electrons. The van der Waals surface area contributed by atoms with Gasteiger partial charge in [0.2, 0.25) is 5.91 Å². The van der Waals surface area contributed by atoms with Crippen molar-refractivity contribution in [2.24, 2.45) is 0 Å². The number of urea groups is 1. The summed E-state index contributed by atoms with van der Waals surface area (Å²) >= 11 is 0. The van der Waals surface area contributed by atoms with Crippen LogP contribution >= 0.6 is 0 Å². The van der Waals surface area contributed by atoms with Crippen LogP contribution in [0.25, 0.3) is 11.3 Å². The summed E-state index contributed by atoms with van der Waals surface area (Å²) in [6.07, 6.45) is 1.19. The number of carbonyl (C=O) groups is 2. The number of aromatic nitrogens is 1. The van der Waals surface area contributed by atoms with Crippen LogP contribution in [0.3, 0.4) is 0 Å². The molecule has 30 heavy (non-hydrogen) atoms. The quantitative estimate of drug-likeness (QED) is 0.468. The number of hydrogen-bond donors (Lipinski definition) is 3. The van der Waals surface area contributed by atoms with Crippen LogP contribution in [-0.2, 0) is 4.79 Å². The van der Waals surface area contributed by atoms with Gasteiger partial charge in [-0.25, -0.2) is 9.78 Å². The smallest absolute Gasteiger partial charge is 0.308 e. The van der Waals surface area contributed by atoms with Crippen LogP contribution in [0, 0.1) is 0 Å². The Bertz CT molecular complexity index is 1060. The number of amides is 3. The lowest BCUT2D eigenvalue weighted by Crippen LogP contribution is -2.19. The highest BCUT2D eigenvalue weighted by atomic mass is 16.2. The lowest BCUT2D eigenvalue weighted by atomic mass is 10.0. The molecule has 2 aromatic carbocycles. The SMILES string of the molecule is C=CC(=O)Nc1cccc(-c2ccc(NC(=O)Nc3cccc(C(C)C)c3)cc2)n1. The van der Waals surface area contributed by atoms with Crippen molar-refractivity contribution in [2.45, 2.75) is 19.8 Å². The molecule has 0 aliphatic rings. The highest BCUT2D eigenvalue weighted by Crippen LogP contribution is 2.22. The van der Waals surface area contributed by atoms with Gasteiger partial charge in [-0.15, -0.1) is 0 Å². The average Bonchev–Trinajstić information content (AvgIpc) is 2.74. The number of anilines is 3. The van der Waals surface area contributed by atoms with Crippen LogP contribution < -0.4 is 16.0 Å². The largest absolute Gasteiger partial charge is 0.323 e. The molecular weight excluding hydrogens is 376 g/mol. The number of carbonyl (C=O) groups excluding carboxylic acids is 2. The molecule has 0 unspecified atom stereocenters. The van der Waals surface area contributed by atoms with Crippen molar-refractivity contribution in [2.75, 3.05) is 16.0 Å². The van der Waals surface area contributed by atoms with E-state index in [9.17, 15) is 9.59 Å². The third kappa shape index (κ3) is 5.54. The van der Waals surface area contributed by atoms with Gasteiger partial charge in [0.1, 0.15) is 5.82 Å². The first-order valence-corrected chi connectivity index (χ1v) is 9.63. The second-order valence-corrected chi connectivity index (χ2v) is 7.04. The van der Waals surface area contributed by atoms with E-state index in [0.29, 0.717) is 23.1 Å². The normalized spacial score (nSPS) is 10.4. The minimum absolute atomic E-state index is 0.309. The Kier molecular flexibility index (Phi) is 6.60. The summed E-state index contributed by atoms with van der Waals surface area (Å²) in [5.74, 6) is 0.520. The fourth-order valence-corrected chi connectivity index (χ4v) is 2.84. The monoisotopic (exact) mass is 400 g/mol. The van der Waals surface area contributed by atoms with Crippen molar-refractivity contribution >= 4 is 29.1 Å². The van der Waals surface area contributed by atoms with Crippen molar-refractivity contribution in [3.05, 3.63) is 84.9 Å². The number of rotatable bonds is 6. The van der Waals surface area contributed by atoms with Crippen molar-refractivity contribution in [1.29, 1.82) is 0 Å². The van der Waals surface area contributed by atoms with E-state index >= 15 is 0 Å². The lowest BCUT2D eigenvalue weighted by molar-refractivity contribution is -0.111. The third-order valence-electron chi connectivity index (χ3n) is 4.44. The molecule has 0 saturated heterocycles. The first kappa shape index (κ1) is 20.8. The molecule has 0 aliphatic carbocycles. The summed E-state index contributed by atoms with van der Waals surface area (Å²) in [6.45, 7) is 7.65. The van der Waals surface area contributed by atoms with E-state index in [4.69, 9.17) is 0 Å². The fraction of sp³-hybridized carbons (Fsp3) is 0.125. The highest BCUT2D eigenvalue weighted by molar-refractivity contribution is 6.00. The lowest BCUT2D eigenvalue weighted by Gasteiger charge is -2.11. The van der Waals surface area contributed by atoms with Gasteiger partial charge in [0, 0.05) is 16.9 Å². The number of benzene rings is 2. The standard InChI is InChI=1S/C24H24N4O2/c1-4-23(29)28-22-10-6-9-21(27-22)17-11-13-19(14-12-17)25-24(30)26-20-8-5-7-18(15-20)16(2)3/h4-16H,1H2,2-3H3,(H2,25,26,30)(H,27,28,29). The van der Waals surface area contributed by atoms with Gasteiger partial charge in [-0.05, 0) is 54.0 Å². The molecule has 0 spiro atoms. The Labute approximate surface area is 176 Å². The van der Waals surface area contributed by atoms with E-state index in [2.05, 4.69) is 41.4 Å². The average molecular weight is 400 g/mol. The van der Waals surface area contributed by atoms with E-state index in [-0.39, 0.29) is 11.9 Å². The van der Waals surface area contributed by atoms with Crippen molar-refractivity contribution in [3.63, 3.8) is 0 Å². The van der Waals surface area contributed by atoms with Gasteiger partial charge in [-0.3, -0.25) is 4.79 Å². The Morgan fingerprint density at radius 2 is 1.60 bits per heavy atom. The molecule has 3 amide bonds. The van der Waals surface area contributed by atoms with Crippen molar-refractivity contribution < 1.29 is 9.59 Å². The van der Waals surface area contributed by atoms with Crippen LogP contribution in [0.1, 0.15) is 25.3 Å². The molecule has 0 radical (unpaired) electrons. The molecule has 1 heterocycles. The zero-order chi connectivity index (χ0) is 21.5. The summed E-state index contributed by atoms with van der Waals surface area (Å²) < 4.78 is 0. The van der Waals surface area contributed by atoms with E-state index in [1.807, 2.05) is 48.5 Å². The second kappa shape index (κ2) is 9.52. The Morgan fingerprint density at radius 3 is 2.30 bits per heavy atom. The van der Waals surface area contributed by atoms with Gasteiger partial charge < -0.3 is 16.0 Å². The summed E-state index contributed by atoms with van der Waals surface area (Å²) in [4.78, 5) is 28.2. The van der Waals surface area contributed by atoms with Gasteiger partial charge in [0.25, 0.3) is 0 Å². The van der Waals surface area contributed by atoms with Crippen LogP contribution in [0.15, 0.2) is 79.4 Å². The number of pyridine rings is 1. The maximum atomic E-state index is 12.3. The highest BCUT2D eigenvalue weighted by Gasteiger charge is 2.07. The van der Waals surface area contributed by atoms with E-state index in [1.165, 1.54) is 6.08 Å². The first-order chi connectivity index (χ1) is 14.4. The molecule has 3 aromatic rings. The molecule has 0 saturated carbocycles. The van der Waals surface area contributed by atoms with E-state index in [1.54, 1.807) is 18.2 Å². The molecule has 6 heteroatoms. The van der Waals surface area contributed by atoms with Crippen LogP contribution in [-0.4, -0.2) is 16.9 Å².